The van der Waals surface area contributed by atoms with Gasteiger partial charge in [0, 0.05) is 12.2 Å². The van der Waals surface area contributed by atoms with Crippen molar-refractivity contribution in [2.45, 2.75) is 40.3 Å². The predicted molar refractivity (Wildman–Crippen MR) is 73.4 cm³/mol. The first kappa shape index (κ1) is 14.9. The van der Waals surface area contributed by atoms with Crippen LogP contribution < -0.4 is 10.9 Å². The molecule has 1 N–H and O–H groups in total. The van der Waals surface area contributed by atoms with Crippen LogP contribution in [0.1, 0.15) is 26.6 Å². The van der Waals surface area contributed by atoms with E-state index in [0.29, 0.717) is 16.2 Å². The Labute approximate surface area is 115 Å². The second-order valence-corrected chi connectivity index (χ2v) is 5.50. The maximum atomic E-state index is 11.8. The van der Waals surface area contributed by atoms with Crippen LogP contribution in [0, 0.1) is 12.8 Å². The maximum Gasteiger partial charge on any atom is 0.268 e. The molecule has 100 valence electrons. The van der Waals surface area contributed by atoms with Gasteiger partial charge in [0.2, 0.25) is 5.91 Å². The van der Waals surface area contributed by atoms with Crippen LogP contribution in [0.3, 0.4) is 0 Å². The van der Waals surface area contributed by atoms with E-state index in [9.17, 15) is 9.59 Å². The summed E-state index contributed by atoms with van der Waals surface area (Å²) in [6.07, 6.45) is 1.45. The summed E-state index contributed by atoms with van der Waals surface area (Å²) in [4.78, 5) is 27.7. The van der Waals surface area contributed by atoms with Gasteiger partial charge in [-0.3, -0.25) is 14.2 Å². The normalized spacial score (nSPS) is 12.6. The van der Waals surface area contributed by atoms with Crippen molar-refractivity contribution in [3.8, 4) is 0 Å². The summed E-state index contributed by atoms with van der Waals surface area (Å²) in [6.45, 7) is 7.70. The summed E-state index contributed by atoms with van der Waals surface area (Å²) in [6, 6.07) is 0.0774. The minimum absolute atomic E-state index is 0.00579. The molecule has 1 rings (SSSR count). The Bertz CT molecular complexity index is 497. The fourth-order valence-corrected chi connectivity index (χ4v) is 1.66. The van der Waals surface area contributed by atoms with Crippen LogP contribution in [0.15, 0.2) is 15.5 Å². The summed E-state index contributed by atoms with van der Waals surface area (Å²) >= 11 is 3.12. The van der Waals surface area contributed by atoms with E-state index in [2.05, 4.69) is 26.2 Å². The number of amides is 1. The molecule has 0 aliphatic rings. The predicted octanol–water partition coefficient (Wildman–Crippen LogP) is 1.47. The monoisotopic (exact) mass is 315 g/mol. The zero-order valence-electron chi connectivity index (χ0n) is 11.0. The van der Waals surface area contributed by atoms with Crippen molar-refractivity contribution < 1.29 is 4.79 Å². The molecule has 1 unspecified atom stereocenters. The highest BCUT2D eigenvalue weighted by molar-refractivity contribution is 9.10. The highest BCUT2D eigenvalue weighted by Gasteiger charge is 2.13. The number of hydrogen-bond acceptors (Lipinski definition) is 3. The smallest absolute Gasteiger partial charge is 0.268 e. The summed E-state index contributed by atoms with van der Waals surface area (Å²) in [5.74, 6) is 0.698. The third-order valence-electron chi connectivity index (χ3n) is 2.90. The van der Waals surface area contributed by atoms with Crippen molar-refractivity contribution in [2.75, 3.05) is 0 Å². The van der Waals surface area contributed by atoms with Gasteiger partial charge < -0.3 is 5.32 Å². The molecule has 0 fully saturated rings. The lowest BCUT2D eigenvalue weighted by atomic mass is 10.1. The van der Waals surface area contributed by atoms with E-state index >= 15 is 0 Å². The molecule has 1 aromatic heterocycles. The van der Waals surface area contributed by atoms with Gasteiger partial charge in [-0.15, -0.1) is 0 Å². The molecule has 6 heteroatoms. The molecule has 0 aromatic carbocycles. The minimum atomic E-state index is -0.241. The fraction of sp³-hybridized carbons (Fsp3) is 0.583. The standard InChI is InChI=1S/C12H18BrN3O2/c1-7(2)8(3)15-11(17)6-16-9(4)14-5-10(13)12(16)18/h5,7-8H,6H2,1-4H3,(H,15,17). The first-order valence-electron chi connectivity index (χ1n) is 5.84. The highest BCUT2D eigenvalue weighted by atomic mass is 79.9. The Morgan fingerprint density at radius 1 is 1.50 bits per heavy atom. The average Bonchev–Trinajstić information content (AvgIpc) is 2.29. The Morgan fingerprint density at radius 2 is 2.11 bits per heavy atom. The lowest BCUT2D eigenvalue weighted by molar-refractivity contribution is -0.122. The molecule has 5 nitrogen and oxygen atoms in total. The summed E-state index contributed by atoms with van der Waals surface area (Å²) < 4.78 is 1.71. The molecule has 18 heavy (non-hydrogen) atoms. The van der Waals surface area contributed by atoms with Crippen LogP contribution in [-0.4, -0.2) is 21.5 Å². The van der Waals surface area contributed by atoms with Crippen molar-refractivity contribution >= 4 is 21.8 Å². The van der Waals surface area contributed by atoms with Crippen molar-refractivity contribution in [1.82, 2.24) is 14.9 Å². The molecule has 0 bridgehead atoms. The second-order valence-electron chi connectivity index (χ2n) is 4.64. The van der Waals surface area contributed by atoms with Crippen molar-refractivity contribution in [2.24, 2.45) is 5.92 Å². The molecule has 1 atom stereocenters. The van der Waals surface area contributed by atoms with Gasteiger partial charge >= 0.3 is 0 Å². The maximum absolute atomic E-state index is 11.8. The molecule has 0 aliphatic carbocycles. The summed E-state index contributed by atoms with van der Waals surface area (Å²) in [5, 5.41) is 2.86. The van der Waals surface area contributed by atoms with Crippen LogP contribution in [-0.2, 0) is 11.3 Å². The Kier molecular flexibility index (Phi) is 5.07. The quantitative estimate of drug-likeness (QED) is 0.915. The van der Waals surface area contributed by atoms with Gasteiger partial charge in [-0.2, -0.15) is 0 Å². The number of aromatic nitrogens is 2. The van der Waals surface area contributed by atoms with E-state index in [4.69, 9.17) is 0 Å². The molecule has 0 radical (unpaired) electrons. The van der Waals surface area contributed by atoms with E-state index < -0.39 is 0 Å². The van der Waals surface area contributed by atoms with Crippen LogP contribution in [0.5, 0.6) is 0 Å². The number of carbonyl (C=O) groups is 1. The molecule has 0 saturated carbocycles. The number of hydrogen-bond donors (Lipinski definition) is 1. The van der Waals surface area contributed by atoms with Crippen LogP contribution >= 0.6 is 15.9 Å². The van der Waals surface area contributed by atoms with Crippen LogP contribution in [0.2, 0.25) is 0 Å². The van der Waals surface area contributed by atoms with E-state index in [1.165, 1.54) is 10.8 Å². The fourth-order valence-electron chi connectivity index (χ4n) is 1.35. The van der Waals surface area contributed by atoms with Crippen molar-refractivity contribution in [3.05, 3.63) is 26.8 Å². The third kappa shape index (κ3) is 3.66. The van der Waals surface area contributed by atoms with Gasteiger partial charge in [0.15, 0.2) is 0 Å². The molecule has 0 saturated heterocycles. The van der Waals surface area contributed by atoms with Gasteiger partial charge in [0.1, 0.15) is 16.8 Å². The van der Waals surface area contributed by atoms with E-state index in [0.717, 1.165) is 0 Å². The number of halogens is 1. The molecule has 1 amide bonds. The number of carbonyl (C=O) groups excluding carboxylic acids is 1. The highest BCUT2D eigenvalue weighted by Crippen LogP contribution is 2.02. The zero-order chi connectivity index (χ0) is 13.9. The first-order valence-corrected chi connectivity index (χ1v) is 6.63. The lowest BCUT2D eigenvalue weighted by Gasteiger charge is -2.18. The molecular formula is C12H18BrN3O2. The van der Waals surface area contributed by atoms with E-state index in [-0.39, 0.29) is 24.1 Å². The Morgan fingerprint density at radius 3 is 2.67 bits per heavy atom. The summed E-state index contributed by atoms with van der Waals surface area (Å²) in [5.41, 5.74) is -0.241. The van der Waals surface area contributed by atoms with Gasteiger partial charge in [-0.25, -0.2) is 4.98 Å². The Balaban J connectivity index is 2.83. The van der Waals surface area contributed by atoms with Crippen LogP contribution in [0.25, 0.3) is 0 Å². The Hall–Kier alpha value is -1.17. The largest absolute Gasteiger partial charge is 0.352 e. The molecule has 1 heterocycles. The number of nitrogens with zero attached hydrogens (tertiary/aromatic N) is 2. The topological polar surface area (TPSA) is 64.0 Å². The van der Waals surface area contributed by atoms with Gasteiger partial charge in [-0.1, -0.05) is 13.8 Å². The van der Waals surface area contributed by atoms with E-state index in [1.807, 2.05) is 20.8 Å². The van der Waals surface area contributed by atoms with Crippen LogP contribution in [0.4, 0.5) is 0 Å². The second kappa shape index (κ2) is 6.13. The minimum Gasteiger partial charge on any atom is -0.352 e. The number of aryl methyl sites for hydroxylation is 1. The van der Waals surface area contributed by atoms with Crippen molar-refractivity contribution in [3.63, 3.8) is 0 Å². The average molecular weight is 316 g/mol. The first-order chi connectivity index (χ1) is 8.32. The third-order valence-corrected chi connectivity index (χ3v) is 3.44. The van der Waals surface area contributed by atoms with Gasteiger partial charge in [0.25, 0.3) is 5.56 Å². The molecule has 0 aliphatic heterocycles. The van der Waals surface area contributed by atoms with Crippen molar-refractivity contribution in [1.29, 1.82) is 0 Å². The number of nitrogens with one attached hydrogen (secondary N) is 1. The number of rotatable bonds is 4. The lowest BCUT2D eigenvalue weighted by Crippen LogP contribution is -2.40. The summed E-state index contributed by atoms with van der Waals surface area (Å²) in [7, 11) is 0. The van der Waals surface area contributed by atoms with Gasteiger partial charge in [-0.05, 0) is 35.7 Å². The molecule has 1 aromatic rings. The van der Waals surface area contributed by atoms with Gasteiger partial charge in [0.05, 0.1) is 0 Å². The zero-order valence-corrected chi connectivity index (χ0v) is 12.6. The molecule has 0 spiro atoms. The van der Waals surface area contributed by atoms with E-state index in [1.54, 1.807) is 6.92 Å². The SMILES string of the molecule is Cc1ncc(Br)c(=O)n1CC(=O)NC(C)C(C)C. The molecular weight excluding hydrogens is 298 g/mol.